The minimum atomic E-state index is 0.113. The second-order valence-electron chi connectivity index (χ2n) is 3.27. The molecule has 2 N–H and O–H groups in total. The summed E-state index contributed by atoms with van der Waals surface area (Å²) in [5.74, 6) is 1.09. The van der Waals surface area contributed by atoms with Crippen LogP contribution in [-0.4, -0.2) is 50.3 Å². The van der Waals surface area contributed by atoms with Crippen LogP contribution in [0.3, 0.4) is 0 Å². The van der Waals surface area contributed by atoms with Gasteiger partial charge >= 0.3 is 0 Å². The molecule has 1 unspecified atom stereocenters. The third-order valence-corrected chi connectivity index (χ3v) is 2.67. The summed E-state index contributed by atoms with van der Waals surface area (Å²) >= 11 is 1.73. The average molecular weight is 218 g/mol. The van der Waals surface area contributed by atoms with Crippen molar-refractivity contribution < 1.29 is 9.53 Å². The number of hydrogen-bond acceptors (Lipinski definition) is 4. The van der Waals surface area contributed by atoms with E-state index in [4.69, 9.17) is 4.74 Å². The van der Waals surface area contributed by atoms with E-state index >= 15 is 0 Å². The molecule has 1 heterocycles. The molecule has 0 saturated carbocycles. The summed E-state index contributed by atoms with van der Waals surface area (Å²) in [5.41, 5.74) is 0. The normalized spacial score (nSPS) is 21.9. The lowest BCUT2D eigenvalue weighted by Crippen LogP contribution is -2.44. The minimum absolute atomic E-state index is 0.113. The lowest BCUT2D eigenvalue weighted by molar-refractivity contribution is -0.122. The zero-order valence-electron chi connectivity index (χ0n) is 8.54. The number of carbonyl (C=O) groups is 1. The van der Waals surface area contributed by atoms with Gasteiger partial charge < -0.3 is 15.4 Å². The molecule has 82 valence electrons. The van der Waals surface area contributed by atoms with Crippen molar-refractivity contribution >= 4 is 17.7 Å². The Morgan fingerprint density at radius 3 is 3.21 bits per heavy atom. The molecule has 1 aliphatic rings. The molecule has 5 heteroatoms. The predicted molar refractivity (Wildman–Crippen MR) is 58.6 cm³/mol. The minimum Gasteiger partial charge on any atom is -0.378 e. The van der Waals surface area contributed by atoms with Crippen LogP contribution in [0.2, 0.25) is 0 Å². The first-order chi connectivity index (χ1) is 6.83. The molecule has 0 aromatic carbocycles. The van der Waals surface area contributed by atoms with Crippen molar-refractivity contribution in [2.24, 2.45) is 0 Å². The Bertz CT molecular complexity index is 172. The second-order valence-corrected chi connectivity index (χ2v) is 4.26. The summed E-state index contributed by atoms with van der Waals surface area (Å²) in [7, 11) is 0. The van der Waals surface area contributed by atoms with E-state index in [0.29, 0.717) is 13.0 Å². The SMILES string of the molecule is CSCCNC(=O)CC1COCCN1. The summed E-state index contributed by atoms with van der Waals surface area (Å²) in [6, 6.07) is 0.193. The Kier molecular flexibility index (Phi) is 5.98. The van der Waals surface area contributed by atoms with Gasteiger partial charge in [0, 0.05) is 31.3 Å². The van der Waals surface area contributed by atoms with E-state index in [2.05, 4.69) is 10.6 Å². The molecular formula is C9H18N2O2S. The van der Waals surface area contributed by atoms with Gasteiger partial charge in [-0.3, -0.25) is 4.79 Å². The number of thioether (sulfide) groups is 1. The first kappa shape index (κ1) is 11.8. The fraction of sp³-hybridized carbons (Fsp3) is 0.889. The van der Waals surface area contributed by atoms with Gasteiger partial charge in [-0.05, 0) is 6.26 Å². The third-order valence-electron chi connectivity index (χ3n) is 2.06. The van der Waals surface area contributed by atoms with Crippen LogP contribution in [0, 0.1) is 0 Å². The monoisotopic (exact) mass is 218 g/mol. The van der Waals surface area contributed by atoms with Crippen LogP contribution in [0.1, 0.15) is 6.42 Å². The van der Waals surface area contributed by atoms with Crippen molar-refractivity contribution in [3.63, 3.8) is 0 Å². The molecule has 1 amide bonds. The number of amides is 1. The Morgan fingerprint density at radius 2 is 2.57 bits per heavy atom. The van der Waals surface area contributed by atoms with Crippen LogP contribution in [-0.2, 0) is 9.53 Å². The molecule has 0 bridgehead atoms. The van der Waals surface area contributed by atoms with Crippen LogP contribution < -0.4 is 10.6 Å². The Labute approximate surface area is 89.2 Å². The van der Waals surface area contributed by atoms with E-state index in [9.17, 15) is 4.79 Å². The summed E-state index contributed by atoms with van der Waals surface area (Å²) in [5, 5.41) is 6.12. The number of carbonyl (C=O) groups excluding carboxylic acids is 1. The van der Waals surface area contributed by atoms with E-state index in [1.54, 1.807) is 11.8 Å². The third kappa shape index (κ3) is 4.83. The Balaban J connectivity index is 2.06. The van der Waals surface area contributed by atoms with Crippen LogP contribution in [0.25, 0.3) is 0 Å². The Hall–Kier alpha value is -0.260. The van der Waals surface area contributed by atoms with Crippen LogP contribution >= 0.6 is 11.8 Å². The average Bonchev–Trinajstić information content (AvgIpc) is 2.20. The number of ether oxygens (including phenoxy) is 1. The molecule has 0 aromatic rings. The van der Waals surface area contributed by atoms with Gasteiger partial charge in [-0.15, -0.1) is 0 Å². The molecule has 0 spiro atoms. The highest BCUT2D eigenvalue weighted by Gasteiger charge is 2.16. The van der Waals surface area contributed by atoms with Gasteiger partial charge in [-0.25, -0.2) is 0 Å². The number of rotatable bonds is 5. The Morgan fingerprint density at radius 1 is 1.71 bits per heavy atom. The van der Waals surface area contributed by atoms with Crippen molar-refractivity contribution in [3.05, 3.63) is 0 Å². The van der Waals surface area contributed by atoms with E-state index < -0.39 is 0 Å². The molecule has 14 heavy (non-hydrogen) atoms. The molecule has 1 fully saturated rings. The smallest absolute Gasteiger partial charge is 0.221 e. The number of nitrogens with one attached hydrogen (secondary N) is 2. The maximum absolute atomic E-state index is 11.4. The van der Waals surface area contributed by atoms with Gasteiger partial charge in [0.1, 0.15) is 0 Å². The van der Waals surface area contributed by atoms with Gasteiger partial charge in [-0.1, -0.05) is 0 Å². The predicted octanol–water partition coefficient (Wildman–Crippen LogP) is -0.156. The zero-order chi connectivity index (χ0) is 10.2. The second kappa shape index (κ2) is 7.09. The fourth-order valence-corrected chi connectivity index (χ4v) is 1.65. The quantitative estimate of drug-likeness (QED) is 0.630. The maximum Gasteiger partial charge on any atom is 0.221 e. The molecule has 1 aliphatic heterocycles. The fourth-order valence-electron chi connectivity index (χ4n) is 1.34. The first-order valence-corrected chi connectivity index (χ1v) is 6.29. The van der Waals surface area contributed by atoms with Crippen molar-refractivity contribution in [2.45, 2.75) is 12.5 Å². The molecule has 0 radical (unpaired) electrons. The van der Waals surface area contributed by atoms with Gasteiger partial charge in [0.2, 0.25) is 5.91 Å². The van der Waals surface area contributed by atoms with Crippen molar-refractivity contribution in [1.82, 2.24) is 10.6 Å². The van der Waals surface area contributed by atoms with Gasteiger partial charge in [0.25, 0.3) is 0 Å². The van der Waals surface area contributed by atoms with E-state index in [1.165, 1.54) is 0 Å². The molecule has 0 aliphatic carbocycles. The standard InChI is InChI=1S/C9H18N2O2S/c1-14-5-3-11-9(12)6-8-7-13-4-2-10-8/h8,10H,2-7H2,1H3,(H,11,12). The topological polar surface area (TPSA) is 50.4 Å². The molecule has 1 saturated heterocycles. The summed E-state index contributed by atoms with van der Waals surface area (Å²) < 4.78 is 5.26. The number of morpholine rings is 1. The first-order valence-electron chi connectivity index (χ1n) is 4.89. The zero-order valence-corrected chi connectivity index (χ0v) is 9.36. The van der Waals surface area contributed by atoms with Crippen LogP contribution in [0.5, 0.6) is 0 Å². The lowest BCUT2D eigenvalue weighted by atomic mass is 10.2. The van der Waals surface area contributed by atoms with Crippen molar-refractivity contribution in [1.29, 1.82) is 0 Å². The van der Waals surface area contributed by atoms with E-state index in [-0.39, 0.29) is 11.9 Å². The van der Waals surface area contributed by atoms with Gasteiger partial charge in [0.05, 0.1) is 13.2 Å². The van der Waals surface area contributed by atoms with Crippen LogP contribution in [0.15, 0.2) is 0 Å². The lowest BCUT2D eigenvalue weighted by Gasteiger charge is -2.23. The molecule has 4 nitrogen and oxygen atoms in total. The van der Waals surface area contributed by atoms with Gasteiger partial charge in [0.15, 0.2) is 0 Å². The highest BCUT2D eigenvalue weighted by molar-refractivity contribution is 7.98. The van der Waals surface area contributed by atoms with Crippen molar-refractivity contribution in [2.75, 3.05) is 38.3 Å². The molecule has 1 atom stereocenters. The summed E-state index contributed by atoms with van der Waals surface area (Å²) in [4.78, 5) is 11.4. The van der Waals surface area contributed by atoms with Crippen LogP contribution in [0.4, 0.5) is 0 Å². The van der Waals surface area contributed by atoms with E-state index in [1.807, 2.05) is 6.26 Å². The largest absolute Gasteiger partial charge is 0.378 e. The number of hydrogen-bond donors (Lipinski definition) is 2. The molecule has 0 aromatic heterocycles. The van der Waals surface area contributed by atoms with Gasteiger partial charge in [-0.2, -0.15) is 11.8 Å². The summed E-state index contributed by atoms with van der Waals surface area (Å²) in [6.45, 7) is 3.01. The van der Waals surface area contributed by atoms with Crippen molar-refractivity contribution in [3.8, 4) is 0 Å². The highest BCUT2D eigenvalue weighted by Crippen LogP contribution is 1.98. The molecule has 1 rings (SSSR count). The maximum atomic E-state index is 11.4. The highest BCUT2D eigenvalue weighted by atomic mass is 32.2. The van der Waals surface area contributed by atoms with E-state index in [0.717, 1.165) is 25.4 Å². The molecular weight excluding hydrogens is 200 g/mol. The summed E-state index contributed by atoms with van der Waals surface area (Å²) in [6.07, 6.45) is 2.55.